The normalized spacial score (nSPS) is 18.5. The SMILES string of the molecule is [2H]C1(c2cc(C(C)C)c(-c3ccc(-c4c(C)ccc5c4oc4ccccc45)[n+](C)c3)c(C(C)C)c2)CCC2(CCCCC2)CC1. The standard InChI is InChI=1S/C42H50NO/c1-27(2)35-24-32(30-18-22-42(23-19-30)20-10-7-11-21-42)25-36(28(3)4)40(35)31-15-17-37(43(6)26-31)39-29(5)14-16-34-33-12-8-9-13-38(33)44-41(34)39/h8-9,12-17,24-28,30H,7,10-11,18-23H2,1-6H3/q+1/i30D. The molecule has 3 aromatic carbocycles. The number of aromatic nitrogens is 1. The molecule has 2 saturated carbocycles. The molecule has 44 heavy (non-hydrogen) atoms. The van der Waals surface area contributed by atoms with Gasteiger partial charge >= 0.3 is 0 Å². The number of furan rings is 1. The Bertz CT molecular complexity index is 1850. The lowest BCUT2D eigenvalue weighted by molar-refractivity contribution is -0.659. The molecule has 228 valence electrons. The third-order valence-corrected chi connectivity index (χ3v) is 11.1. The van der Waals surface area contributed by atoms with E-state index in [-0.39, 0.29) is 0 Å². The molecule has 0 radical (unpaired) electrons. The van der Waals surface area contributed by atoms with Gasteiger partial charge in [0.05, 0.1) is 5.56 Å². The first kappa shape index (κ1) is 28.1. The van der Waals surface area contributed by atoms with E-state index in [0.717, 1.165) is 46.0 Å². The summed E-state index contributed by atoms with van der Waals surface area (Å²) < 4.78 is 18.5. The van der Waals surface area contributed by atoms with Crippen LogP contribution < -0.4 is 4.57 Å². The van der Waals surface area contributed by atoms with Crippen molar-refractivity contribution in [2.24, 2.45) is 12.5 Å². The Morgan fingerprint density at radius 1 is 0.795 bits per heavy atom. The molecule has 2 aromatic heterocycles. The highest BCUT2D eigenvalue weighted by Gasteiger charge is 2.37. The van der Waals surface area contributed by atoms with E-state index in [1.807, 2.05) is 6.07 Å². The molecule has 0 bridgehead atoms. The Morgan fingerprint density at radius 2 is 1.48 bits per heavy atom. The van der Waals surface area contributed by atoms with Gasteiger partial charge in [0.2, 0.25) is 5.69 Å². The molecule has 2 aliphatic rings. The van der Waals surface area contributed by atoms with Crippen LogP contribution in [0.15, 0.2) is 71.3 Å². The summed E-state index contributed by atoms with van der Waals surface area (Å²) in [5.74, 6) is 0.253. The molecule has 2 fully saturated rings. The lowest BCUT2D eigenvalue weighted by atomic mass is 9.62. The van der Waals surface area contributed by atoms with Gasteiger partial charge < -0.3 is 4.42 Å². The average molecular weight is 586 g/mol. The van der Waals surface area contributed by atoms with Crippen molar-refractivity contribution in [3.05, 3.63) is 89.1 Å². The van der Waals surface area contributed by atoms with Crippen molar-refractivity contribution in [3.63, 3.8) is 0 Å². The predicted octanol–water partition coefficient (Wildman–Crippen LogP) is 11.9. The van der Waals surface area contributed by atoms with Gasteiger partial charge in [-0.3, -0.25) is 0 Å². The lowest BCUT2D eigenvalue weighted by Crippen LogP contribution is -2.31. The summed E-state index contributed by atoms with van der Waals surface area (Å²) in [5.41, 5.74) is 12.5. The summed E-state index contributed by atoms with van der Waals surface area (Å²) in [6, 6.07) is 22.2. The topological polar surface area (TPSA) is 17.0 Å². The van der Waals surface area contributed by atoms with E-state index in [9.17, 15) is 1.37 Å². The Kier molecular flexibility index (Phi) is 7.36. The predicted molar refractivity (Wildman–Crippen MR) is 185 cm³/mol. The first-order valence-electron chi connectivity index (χ1n) is 17.7. The maximum absolute atomic E-state index is 9.78. The summed E-state index contributed by atoms with van der Waals surface area (Å²) in [6.45, 7) is 11.5. The van der Waals surface area contributed by atoms with E-state index in [0.29, 0.717) is 17.3 Å². The van der Waals surface area contributed by atoms with Crippen LogP contribution in [0.1, 0.15) is 127 Å². The number of nitrogens with zero attached hydrogens (tertiary/aromatic N) is 1. The molecular weight excluding hydrogens is 534 g/mol. The molecule has 7 rings (SSSR count). The van der Waals surface area contributed by atoms with Gasteiger partial charge in [0.25, 0.3) is 0 Å². The molecule has 2 aliphatic carbocycles. The van der Waals surface area contributed by atoms with Crippen molar-refractivity contribution in [1.29, 1.82) is 0 Å². The Morgan fingerprint density at radius 3 is 2.14 bits per heavy atom. The number of para-hydroxylation sites is 1. The van der Waals surface area contributed by atoms with E-state index in [1.165, 1.54) is 78.3 Å². The number of hydrogen-bond donors (Lipinski definition) is 0. The zero-order valence-corrected chi connectivity index (χ0v) is 27.7. The first-order valence-corrected chi connectivity index (χ1v) is 17.2. The van der Waals surface area contributed by atoms with E-state index in [1.54, 1.807) is 0 Å². The highest BCUT2D eigenvalue weighted by molar-refractivity contribution is 6.09. The van der Waals surface area contributed by atoms with Crippen LogP contribution in [0.4, 0.5) is 0 Å². The minimum absolute atomic E-state index is 0.367. The van der Waals surface area contributed by atoms with Crippen LogP contribution in [0.3, 0.4) is 0 Å². The second-order valence-corrected chi connectivity index (χ2v) is 14.6. The van der Waals surface area contributed by atoms with Gasteiger partial charge in [0.15, 0.2) is 6.20 Å². The molecule has 0 amide bonds. The Labute approximate surface area is 265 Å². The van der Waals surface area contributed by atoms with Gasteiger partial charge in [0, 0.05) is 23.8 Å². The summed E-state index contributed by atoms with van der Waals surface area (Å²) >= 11 is 0. The Balaban J connectivity index is 1.31. The van der Waals surface area contributed by atoms with Crippen LogP contribution >= 0.6 is 0 Å². The number of benzene rings is 3. The van der Waals surface area contributed by atoms with Gasteiger partial charge in [-0.15, -0.1) is 0 Å². The van der Waals surface area contributed by atoms with Crippen LogP contribution in [0.25, 0.3) is 44.3 Å². The molecule has 0 saturated heterocycles. The summed E-state index contributed by atoms with van der Waals surface area (Å²) in [7, 11) is 2.17. The second-order valence-electron chi connectivity index (χ2n) is 14.6. The average Bonchev–Trinajstić information content (AvgIpc) is 3.41. The van der Waals surface area contributed by atoms with Crippen molar-refractivity contribution in [1.82, 2.24) is 0 Å². The number of aryl methyl sites for hydroxylation is 2. The van der Waals surface area contributed by atoms with E-state index < -0.39 is 5.89 Å². The van der Waals surface area contributed by atoms with Gasteiger partial charge in [-0.2, -0.15) is 0 Å². The molecule has 0 atom stereocenters. The quantitative estimate of drug-likeness (QED) is 0.188. The minimum atomic E-state index is -0.480. The zero-order valence-electron chi connectivity index (χ0n) is 28.7. The highest BCUT2D eigenvalue weighted by Crippen LogP contribution is 2.52. The van der Waals surface area contributed by atoms with Crippen LogP contribution in [0.5, 0.6) is 0 Å². The van der Waals surface area contributed by atoms with E-state index in [2.05, 4.69) is 107 Å². The fraction of sp³-hybridized carbons (Fsp3) is 0.452. The molecule has 2 nitrogen and oxygen atoms in total. The highest BCUT2D eigenvalue weighted by atomic mass is 16.3. The van der Waals surface area contributed by atoms with Gasteiger partial charge in [-0.1, -0.05) is 89.4 Å². The largest absolute Gasteiger partial charge is 0.455 e. The maximum Gasteiger partial charge on any atom is 0.216 e. The van der Waals surface area contributed by atoms with Crippen molar-refractivity contribution in [2.45, 2.75) is 110 Å². The molecule has 0 N–H and O–H groups in total. The van der Waals surface area contributed by atoms with Crippen LogP contribution in [0.2, 0.25) is 0 Å². The Hall–Kier alpha value is -3.39. The van der Waals surface area contributed by atoms with Crippen molar-refractivity contribution >= 4 is 21.9 Å². The number of pyridine rings is 1. The third kappa shape index (κ3) is 5.09. The van der Waals surface area contributed by atoms with E-state index >= 15 is 0 Å². The van der Waals surface area contributed by atoms with Gasteiger partial charge in [-0.05, 0) is 109 Å². The smallest absolute Gasteiger partial charge is 0.216 e. The number of hydrogen-bond acceptors (Lipinski definition) is 1. The molecule has 2 heterocycles. The van der Waals surface area contributed by atoms with Crippen LogP contribution in [0, 0.1) is 12.3 Å². The molecule has 5 aromatic rings. The molecular formula is C42H50NO+. The van der Waals surface area contributed by atoms with Crippen LogP contribution in [-0.2, 0) is 7.05 Å². The van der Waals surface area contributed by atoms with Crippen molar-refractivity contribution < 1.29 is 10.4 Å². The summed E-state index contributed by atoms with van der Waals surface area (Å²) in [5, 5.41) is 2.33. The zero-order chi connectivity index (χ0) is 31.5. The third-order valence-electron chi connectivity index (χ3n) is 11.1. The van der Waals surface area contributed by atoms with Gasteiger partial charge in [-0.25, -0.2) is 4.57 Å². The fourth-order valence-electron chi connectivity index (χ4n) is 8.53. The number of fused-ring (bicyclic) bond motifs is 3. The second kappa shape index (κ2) is 11.5. The number of rotatable bonds is 5. The van der Waals surface area contributed by atoms with Crippen molar-refractivity contribution in [3.8, 4) is 22.4 Å². The molecule has 0 unspecified atom stereocenters. The van der Waals surface area contributed by atoms with Crippen LogP contribution in [-0.4, -0.2) is 0 Å². The van der Waals surface area contributed by atoms with Crippen molar-refractivity contribution in [2.75, 3.05) is 0 Å². The monoisotopic (exact) mass is 585 g/mol. The van der Waals surface area contributed by atoms with E-state index in [4.69, 9.17) is 4.42 Å². The summed E-state index contributed by atoms with van der Waals surface area (Å²) in [4.78, 5) is 0. The molecule has 1 spiro atoms. The minimum Gasteiger partial charge on any atom is -0.455 e. The summed E-state index contributed by atoms with van der Waals surface area (Å²) in [6.07, 6.45) is 13.7. The van der Waals surface area contributed by atoms with Gasteiger partial charge in [0.1, 0.15) is 18.2 Å². The lowest BCUT2D eigenvalue weighted by Gasteiger charge is -2.43. The molecule has 0 aliphatic heterocycles. The fourth-order valence-corrected chi connectivity index (χ4v) is 8.53. The maximum atomic E-state index is 9.78. The first-order chi connectivity index (χ1) is 21.6. The molecule has 2 heteroatoms.